The highest BCUT2D eigenvalue weighted by atomic mass is 35.5. The number of thioether (sulfide) groups is 1. The molecule has 0 aliphatic rings. The Morgan fingerprint density at radius 1 is 1.05 bits per heavy atom. The minimum atomic E-state index is 0.282. The summed E-state index contributed by atoms with van der Waals surface area (Å²) in [7, 11) is 0. The molecule has 19 heavy (non-hydrogen) atoms. The van der Waals surface area contributed by atoms with E-state index >= 15 is 0 Å². The second-order valence-electron chi connectivity index (χ2n) is 4.36. The van der Waals surface area contributed by atoms with E-state index in [2.05, 4.69) is 42.6 Å². The molecule has 100 valence electrons. The van der Waals surface area contributed by atoms with Crippen LogP contribution in [0.2, 0.25) is 5.02 Å². The molecule has 0 aromatic heterocycles. The first-order chi connectivity index (χ1) is 9.27. The van der Waals surface area contributed by atoms with Gasteiger partial charge in [0.2, 0.25) is 0 Å². The average Bonchev–Trinajstić information content (AvgIpc) is 2.45. The van der Waals surface area contributed by atoms with Crippen molar-refractivity contribution in [3.8, 4) is 0 Å². The van der Waals surface area contributed by atoms with Crippen molar-refractivity contribution in [1.82, 2.24) is 5.32 Å². The van der Waals surface area contributed by atoms with E-state index in [0.717, 1.165) is 22.9 Å². The number of hydrogen-bond acceptors (Lipinski definition) is 2. The standard InChI is InChI=1S/C16H18ClNS/c1-13(15-9-5-6-10-16(15)17)18-11-12-19-14-7-3-2-4-8-14/h2-10,13,18H,11-12H2,1H3/t13-/m1/s1. The molecule has 2 rings (SSSR count). The van der Waals surface area contributed by atoms with Crippen LogP contribution in [0.5, 0.6) is 0 Å². The van der Waals surface area contributed by atoms with Crippen LogP contribution in [0.25, 0.3) is 0 Å². The summed E-state index contributed by atoms with van der Waals surface area (Å²) >= 11 is 8.05. The summed E-state index contributed by atoms with van der Waals surface area (Å²) in [6.07, 6.45) is 0. The summed E-state index contributed by atoms with van der Waals surface area (Å²) in [5.74, 6) is 1.05. The van der Waals surface area contributed by atoms with Crippen LogP contribution in [0.1, 0.15) is 18.5 Å². The molecule has 0 amide bonds. The van der Waals surface area contributed by atoms with Crippen LogP contribution in [-0.2, 0) is 0 Å². The Bertz CT molecular complexity index is 501. The molecule has 0 fully saturated rings. The third kappa shape index (κ3) is 4.57. The lowest BCUT2D eigenvalue weighted by atomic mass is 10.1. The van der Waals surface area contributed by atoms with Gasteiger partial charge in [-0.15, -0.1) is 11.8 Å². The lowest BCUT2D eigenvalue weighted by Gasteiger charge is -2.15. The van der Waals surface area contributed by atoms with Gasteiger partial charge in [-0.2, -0.15) is 0 Å². The highest BCUT2D eigenvalue weighted by Crippen LogP contribution is 2.22. The van der Waals surface area contributed by atoms with Crippen LogP contribution < -0.4 is 5.32 Å². The Kier molecular flexibility index (Phi) is 5.77. The molecular weight excluding hydrogens is 274 g/mol. The smallest absolute Gasteiger partial charge is 0.0453 e. The third-order valence-electron chi connectivity index (χ3n) is 2.94. The minimum absolute atomic E-state index is 0.282. The van der Waals surface area contributed by atoms with E-state index in [1.54, 1.807) is 0 Å². The van der Waals surface area contributed by atoms with Crippen molar-refractivity contribution in [2.24, 2.45) is 0 Å². The first kappa shape index (κ1) is 14.4. The zero-order valence-corrected chi connectivity index (χ0v) is 12.5. The summed E-state index contributed by atoms with van der Waals surface area (Å²) in [6, 6.07) is 18.8. The molecule has 0 saturated carbocycles. The number of hydrogen-bond donors (Lipinski definition) is 1. The van der Waals surface area contributed by atoms with Crippen LogP contribution in [-0.4, -0.2) is 12.3 Å². The fraction of sp³-hybridized carbons (Fsp3) is 0.250. The molecule has 0 unspecified atom stereocenters. The van der Waals surface area contributed by atoms with E-state index in [9.17, 15) is 0 Å². The number of benzene rings is 2. The Labute approximate surface area is 124 Å². The summed E-state index contributed by atoms with van der Waals surface area (Å²) in [6.45, 7) is 3.11. The van der Waals surface area contributed by atoms with Gasteiger partial charge in [-0.3, -0.25) is 0 Å². The molecule has 2 aromatic rings. The molecule has 1 nitrogen and oxygen atoms in total. The van der Waals surface area contributed by atoms with Crippen LogP contribution in [0.15, 0.2) is 59.5 Å². The average molecular weight is 292 g/mol. The van der Waals surface area contributed by atoms with Crippen LogP contribution in [0.4, 0.5) is 0 Å². The fourth-order valence-corrected chi connectivity index (χ4v) is 3.00. The first-order valence-corrected chi connectivity index (χ1v) is 7.79. The maximum atomic E-state index is 6.18. The Morgan fingerprint density at radius 2 is 1.74 bits per heavy atom. The monoisotopic (exact) mass is 291 g/mol. The molecule has 0 bridgehead atoms. The Morgan fingerprint density at radius 3 is 2.47 bits per heavy atom. The predicted molar refractivity (Wildman–Crippen MR) is 85.0 cm³/mol. The van der Waals surface area contributed by atoms with Crippen molar-refractivity contribution < 1.29 is 0 Å². The quantitative estimate of drug-likeness (QED) is 0.607. The highest BCUT2D eigenvalue weighted by Gasteiger charge is 2.07. The maximum absolute atomic E-state index is 6.18. The molecule has 3 heteroatoms. The van der Waals surface area contributed by atoms with Gasteiger partial charge in [-0.25, -0.2) is 0 Å². The van der Waals surface area contributed by atoms with Crippen LogP contribution in [0, 0.1) is 0 Å². The largest absolute Gasteiger partial charge is 0.309 e. The van der Waals surface area contributed by atoms with Crippen molar-refractivity contribution >= 4 is 23.4 Å². The lowest BCUT2D eigenvalue weighted by molar-refractivity contribution is 0.601. The van der Waals surface area contributed by atoms with Gasteiger partial charge in [0, 0.05) is 28.3 Å². The van der Waals surface area contributed by atoms with Gasteiger partial charge in [-0.05, 0) is 30.7 Å². The summed E-state index contributed by atoms with van der Waals surface area (Å²) < 4.78 is 0. The topological polar surface area (TPSA) is 12.0 Å². The van der Waals surface area contributed by atoms with Gasteiger partial charge >= 0.3 is 0 Å². The zero-order chi connectivity index (χ0) is 13.5. The fourth-order valence-electron chi connectivity index (χ4n) is 1.90. The molecule has 0 aliphatic carbocycles. The molecule has 0 aliphatic heterocycles. The Balaban J connectivity index is 1.76. The third-order valence-corrected chi connectivity index (χ3v) is 4.29. The van der Waals surface area contributed by atoms with Gasteiger partial charge in [-0.1, -0.05) is 48.0 Å². The number of nitrogens with one attached hydrogen (secondary N) is 1. The highest BCUT2D eigenvalue weighted by molar-refractivity contribution is 7.99. The van der Waals surface area contributed by atoms with Crippen molar-refractivity contribution in [3.05, 3.63) is 65.2 Å². The molecule has 0 spiro atoms. The molecule has 0 saturated heterocycles. The minimum Gasteiger partial charge on any atom is -0.309 e. The van der Waals surface area contributed by atoms with Crippen molar-refractivity contribution in [1.29, 1.82) is 0 Å². The predicted octanol–water partition coefficient (Wildman–Crippen LogP) is 4.78. The van der Waals surface area contributed by atoms with E-state index in [4.69, 9.17) is 11.6 Å². The van der Waals surface area contributed by atoms with Gasteiger partial charge in [0.25, 0.3) is 0 Å². The molecule has 0 radical (unpaired) electrons. The van der Waals surface area contributed by atoms with E-state index in [-0.39, 0.29) is 6.04 Å². The van der Waals surface area contributed by atoms with Crippen LogP contribution >= 0.6 is 23.4 Å². The second kappa shape index (κ2) is 7.59. The molecule has 0 heterocycles. The van der Waals surface area contributed by atoms with Crippen molar-refractivity contribution in [2.75, 3.05) is 12.3 Å². The van der Waals surface area contributed by atoms with Crippen molar-refractivity contribution in [3.63, 3.8) is 0 Å². The zero-order valence-electron chi connectivity index (χ0n) is 11.0. The van der Waals surface area contributed by atoms with Gasteiger partial charge in [0.1, 0.15) is 0 Å². The van der Waals surface area contributed by atoms with E-state index in [1.807, 2.05) is 36.0 Å². The van der Waals surface area contributed by atoms with Gasteiger partial charge in [0.05, 0.1) is 0 Å². The maximum Gasteiger partial charge on any atom is 0.0453 e. The SMILES string of the molecule is C[C@@H](NCCSc1ccccc1)c1ccccc1Cl. The Hall–Kier alpha value is -0.960. The van der Waals surface area contributed by atoms with E-state index in [0.29, 0.717) is 0 Å². The molecule has 1 atom stereocenters. The molecule has 1 N–H and O–H groups in total. The van der Waals surface area contributed by atoms with Gasteiger partial charge in [0.15, 0.2) is 0 Å². The summed E-state index contributed by atoms with van der Waals surface area (Å²) in [5, 5.41) is 4.34. The van der Waals surface area contributed by atoms with E-state index < -0.39 is 0 Å². The first-order valence-electron chi connectivity index (χ1n) is 6.43. The normalized spacial score (nSPS) is 12.3. The molecule has 2 aromatic carbocycles. The lowest BCUT2D eigenvalue weighted by Crippen LogP contribution is -2.21. The van der Waals surface area contributed by atoms with Crippen molar-refractivity contribution in [2.45, 2.75) is 17.9 Å². The van der Waals surface area contributed by atoms with Gasteiger partial charge < -0.3 is 5.32 Å². The summed E-state index contributed by atoms with van der Waals surface area (Å²) in [4.78, 5) is 1.31. The summed E-state index contributed by atoms with van der Waals surface area (Å²) in [5.41, 5.74) is 1.16. The number of halogens is 1. The molecular formula is C16H18ClNS. The van der Waals surface area contributed by atoms with E-state index in [1.165, 1.54) is 4.90 Å². The number of rotatable bonds is 6. The van der Waals surface area contributed by atoms with Crippen LogP contribution in [0.3, 0.4) is 0 Å². The second-order valence-corrected chi connectivity index (χ2v) is 5.93.